The Morgan fingerprint density at radius 2 is 1.92 bits per heavy atom. The molecule has 7 heteroatoms. The topological polar surface area (TPSA) is 70.5 Å². The van der Waals surface area contributed by atoms with Gasteiger partial charge in [0.25, 0.3) is 5.91 Å². The Kier molecular flexibility index (Phi) is 5.74. The average molecular weight is 508 g/mol. The van der Waals surface area contributed by atoms with Gasteiger partial charge in [0.1, 0.15) is 5.82 Å². The molecule has 4 heterocycles. The Morgan fingerprint density at radius 1 is 1.13 bits per heavy atom. The van der Waals surface area contributed by atoms with Crippen molar-refractivity contribution < 1.29 is 9.59 Å². The zero-order valence-electron chi connectivity index (χ0n) is 22.6. The number of para-hydroxylation sites is 1. The van der Waals surface area contributed by atoms with Gasteiger partial charge in [-0.1, -0.05) is 38.1 Å². The number of benzene rings is 2. The minimum absolute atomic E-state index is 0.237. The van der Waals surface area contributed by atoms with E-state index in [1.54, 1.807) is 0 Å². The van der Waals surface area contributed by atoms with Crippen LogP contribution in [0.25, 0.3) is 21.8 Å². The number of aromatic nitrogens is 2. The van der Waals surface area contributed by atoms with Crippen LogP contribution < -0.4 is 10.2 Å². The van der Waals surface area contributed by atoms with Gasteiger partial charge < -0.3 is 14.8 Å². The van der Waals surface area contributed by atoms with E-state index in [0.29, 0.717) is 11.5 Å². The molecule has 0 fully saturated rings. The number of pyridine rings is 1. The van der Waals surface area contributed by atoms with Gasteiger partial charge in [0.15, 0.2) is 0 Å². The number of fused-ring (bicyclic) bond motifs is 1. The van der Waals surface area contributed by atoms with Crippen LogP contribution in [0.1, 0.15) is 44.2 Å². The lowest BCUT2D eigenvalue weighted by atomic mass is 9.84. The van der Waals surface area contributed by atoms with E-state index in [2.05, 4.69) is 60.3 Å². The second-order valence-corrected chi connectivity index (χ2v) is 11.0. The predicted molar refractivity (Wildman–Crippen MR) is 152 cm³/mol. The largest absolute Gasteiger partial charge is 0.362 e. The molecule has 1 atom stereocenters. The summed E-state index contributed by atoms with van der Waals surface area (Å²) >= 11 is 0. The third-order valence-corrected chi connectivity index (χ3v) is 7.73. The first-order valence-electron chi connectivity index (χ1n) is 13.3. The Morgan fingerprint density at radius 3 is 2.66 bits per heavy atom. The van der Waals surface area contributed by atoms with Crippen LogP contribution >= 0.6 is 0 Å². The molecule has 0 saturated carbocycles. The van der Waals surface area contributed by atoms with Gasteiger partial charge in [0, 0.05) is 67.4 Å². The molecule has 194 valence electrons. The molecular weight excluding hydrogens is 474 g/mol. The molecule has 0 saturated heterocycles. The summed E-state index contributed by atoms with van der Waals surface area (Å²) in [6.45, 7) is 7.06. The van der Waals surface area contributed by atoms with Crippen molar-refractivity contribution in [3.05, 3.63) is 77.1 Å². The highest BCUT2D eigenvalue weighted by molar-refractivity contribution is 6.11. The number of hydrogen-bond donors (Lipinski definition) is 1. The zero-order chi connectivity index (χ0) is 26.7. The second-order valence-electron chi connectivity index (χ2n) is 11.0. The van der Waals surface area contributed by atoms with Crippen molar-refractivity contribution in [1.82, 2.24) is 14.5 Å². The lowest BCUT2D eigenvalue weighted by molar-refractivity contribution is -0.139. The molecular formula is C31H33N5O2. The standard InChI is InChI=1S/C31H33N5O2/c1-18(2)13-14-35-16-22-27(21-15-20-9-6-7-10-23(20)33-30(21)34(4)5)29-25(17-36(19(3)37)31(29)38)32-24-11-8-12-26(35)28(22)24/h6-12,15-16,18,27,32H,13-14,17H2,1-5H3/t27-/m0/s1. The summed E-state index contributed by atoms with van der Waals surface area (Å²) in [5.74, 6) is 0.521. The maximum atomic E-state index is 13.9. The van der Waals surface area contributed by atoms with E-state index in [4.69, 9.17) is 4.98 Å². The highest BCUT2D eigenvalue weighted by atomic mass is 16.2. The first-order valence-corrected chi connectivity index (χ1v) is 13.3. The molecule has 0 spiro atoms. The number of carbonyl (C=O) groups excluding carboxylic acids is 2. The predicted octanol–water partition coefficient (Wildman–Crippen LogP) is 5.50. The third-order valence-electron chi connectivity index (χ3n) is 7.73. The quantitative estimate of drug-likeness (QED) is 0.386. The van der Waals surface area contributed by atoms with Crippen molar-refractivity contribution in [2.75, 3.05) is 30.9 Å². The Labute approximate surface area is 222 Å². The van der Waals surface area contributed by atoms with Crippen molar-refractivity contribution >= 4 is 45.1 Å². The molecule has 2 aromatic heterocycles. The molecule has 0 radical (unpaired) electrons. The number of nitrogens with zero attached hydrogens (tertiary/aromatic N) is 4. The third kappa shape index (κ3) is 3.76. The number of rotatable bonds is 5. The lowest BCUT2D eigenvalue weighted by Crippen LogP contribution is -2.33. The summed E-state index contributed by atoms with van der Waals surface area (Å²) < 4.78 is 2.32. The fourth-order valence-electron chi connectivity index (χ4n) is 5.87. The summed E-state index contributed by atoms with van der Waals surface area (Å²) in [6, 6.07) is 16.5. The number of carbonyl (C=O) groups is 2. The molecule has 6 rings (SSSR count). The fourth-order valence-corrected chi connectivity index (χ4v) is 5.87. The molecule has 0 bridgehead atoms. The van der Waals surface area contributed by atoms with Gasteiger partial charge in [-0.3, -0.25) is 14.5 Å². The Balaban J connectivity index is 1.67. The summed E-state index contributed by atoms with van der Waals surface area (Å²) in [7, 11) is 3.97. The molecule has 0 aliphatic carbocycles. The van der Waals surface area contributed by atoms with Crippen LogP contribution in [0.2, 0.25) is 0 Å². The number of aryl methyl sites for hydroxylation is 1. The fraction of sp³-hybridized carbons (Fsp3) is 0.323. The smallest absolute Gasteiger partial charge is 0.259 e. The van der Waals surface area contributed by atoms with Crippen LogP contribution in [0.15, 0.2) is 66.0 Å². The minimum atomic E-state index is -0.379. The van der Waals surface area contributed by atoms with Crippen LogP contribution in [0, 0.1) is 5.92 Å². The zero-order valence-corrected chi connectivity index (χ0v) is 22.6. The summed E-state index contributed by atoms with van der Waals surface area (Å²) in [4.78, 5) is 34.8. The van der Waals surface area contributed by atoms with Crippen LogP contribution in [0.3, 0.4) is 0 Å². The van der Waals surface area contributed by atoms with Gasteiger partial charge in [-0.15, -0.1) is 0 Å². The van der Waals surface area contributed by atoms with Crippen molar-refractivity contribution in [2.45, 2.75) is 39.7 Å². The van der Waals surface area contributed by atoms with Gasteiger partial charge in [-0.05, 0) is 42.2 Å². The van der Waals surface area contributed by atoms with E-state index in [0.717, 1.165) is 63.1 Å². The van der Waals surface area contributed by atoms with Gasteiger partial charge in [-0.2, -0.15) is 0 Å². The molecule has 0 unspecified atom stereocenters. The normalized spacial score (nSPS) is 16.8. The van der Waals surface area contributed by atoms with E-state index < -0.39 is 0 Å². The molecule has 1 N–H and O–H groups in total. The van der Waals surface area contributed by atoms with E-state index in [-0.39, 0.29) is 24.3 Å². The monoisotopic (exact) mass is 507 g/mol. The van der Waals surface area contributed by atoms with Gasteiger partial charge >= 0.3 is 0 Å². The van der Waals surface area contributed by atoms with E-state index >= 15 is 0 Å². The molecule has 7 nitrogen and oxygen atoms in total. The number of anilines is 2. The van der Waals surface area contributed by atoms with E-state index in [9.17, 15) is 9.59 Å². The van der Waals surface area contributed by atoms with Crippen LogP contribution in [-0.2, 0) is 16.1 Å². The minimum Gasteiger partial charge on any atom is -0.362 e. The molecule has 2 aliphatic rings. The number of amides is 2. The van der Waals surface area contributed by atoms with Crippen molar-refractivity contribution in [3.63, 3.8) is 0 Å². The van der Waals surface area contributed by atoms with Gasteiger partial charge in [0.2, 0.25) is 5.91 Å². The Hall–Kier alpha value is -4.13. The lowest BCUT2D eigenvalue weighted by Gasteiger charge is -2.25. The molecule has 4 aromatic rings. The highest BCUT2D eigenvalue weighted by Crippen LogP contribution is 2.48. The number of nitrogens with one attached hydrogen (secondary N) is 1. The van der Waals surface area contributed by atoms with Crippen molar-refractivity contribution in [3.8, 4) is 0 Å². The number of imide groups is 1. The van der Waals surface area contributed by atoms with Crippen molar-refractivity contribution in [2.24, 2.45) is 5.92 Å². The summed E-state index contributed by atoms with van der Waals surface area (Å²) in [6.07, 6.45) is 3.27. The van der Waals surface area contributed by atoms with Crippen LogP contribution in [0.4, 0.5) is 11.5 Å². The van der Waals surface area contributed by atoms with Gasteiger partial charge in [0.05, 0.1) is 23.2 Å². The summed E-state index contributed by atoms with van der Waals surface area (Å²) in [5, 5.41) is 5.72. The Bertz CT molecular complexity index is 1650. The second kappa shape index (κ2) is 9.01. The van der Waals surface area contributed by atoms with Gasteiger partial charge in [-0.25, -0.2) is 4.98 Å². The van der Waals surface area contributed by atoms with E-state index in [1.807, 2.05) is 37.2 Å². The maximum Gasteiger partial charge on any atom is 0.259 e. The maximum absolute atomic E-state index is 13.9. The SMILES string of the molecule is CC(=O)N1CC2=C(C1=O)[C@@H](c1cc3ccccc3nc1N(C)C)c1cn(CCC(C)C)c3cccc(c13)N2. The molecule has 2 aliphatic heterocycles. The number of hydrogen-bond acceptors (Lipinski definition) is 5. The molecule has 2 amide bonds. The van der Waals surface area contributed by atoms with Crippen LogP contribution in [-0.4, -0.2) is 46.9 Å². The molecule has 2 aromatic carbocycles. The highest BCUT2D eigenvalue weighted by Gasteiger charge is 2.42. The summed E-state index contributed by atoms with van der Waals surface area (Å²) in [5.41, 5.74) is 6.45. The van der Waals surface area contributed by atoms with Crippen molar-refractivity contribution in [1.29, 1.82) is 0 Å². The average Bonchev–Trinajstić information content (AvgIpc) is 3.36. The first kappa shape index (κ1) is 24.2. The van der Waals surface area contributed by atoms with E-state index in [1.165, 1.54) is 11.8 Å². The first-order chi connectivity index (χ1) is 18.2. The molecule has 38 heavy (non-hydrogen) atoms. The van der Waals surface area contributed by atoms with Crippen LogP contribution in [0.5, 0.6) is 0 Å².